The number of benzene rings is 2. The Morgan fingerprint density at radius 3 is 2.56 bits per heavy atom. The molecule has 0 unspecified atom stereocenters. The molecule has 0 amide bonds. The number of rotatable bonds is 3. The summed E-state index contributed by atoms with van der Waals surface area (Å²) in [5.74, 6) is 3.88. The van der Waals surface area contributed by atoms with Crippen molar-refractivity contribution in [1.82, 2.24) is 4.90 Å². The Morgan fingerprint density at radius 2 is 1.78 bits per heavy atom. The van der Waals surface area contributed by atoms with Gasteiger partial charge in [0, 0.05) is 36.6 Å². The Kier molecular flexibility index (Phi) is 4.12. The van der Waals surface area contributed by atoms with Crippen molar-refractivity contribution in [2.24, 2.45) is 5.92 Å². The number of nitrogens with zero attached hydrogens (tertiary/aromatic N) is 1. The lowest BCUT2D eigenvalue weighted by Gasteiger charge is -2.42. The van der Waals surface area contributed by atoms with Crippen molar-refractivity contribution in [2.75, 3.05) is 27.0 Å². The molecule has 5 nitrogen and oxygen atoms in total. The van der Waals surface area contributed by atoms with Gasteiger partial charge < -0.3 is 18.9 Å². The van der Waals surface area contributed by atoms with Crippen molar-refractivity contribution < 1.29 is 18.9 Å². The standard InChI is InChI=1S/C22H25NO4/c1-14-21(15-6-5-7-16(10-15)24-2)17-11-19-20(26-13-25-19)12-18(17)27-22(14)23-8-3-4-9-23/h5-7,10-12,14,21-22H,3-4,8-9,13H2,1-2H3/t14-,21-,22+/m1/s1. The summed E-state index contributed by atoms with van der Waals surface area (Å²) < 4.78 is 23.2. The van der Waals surface area contributed by atoms with Crippen LogP contribution in [-0.4, -0.2) is 38.1 Å². The van der Waals surface area contributed by atoms with Crippen LogP contribution >= 0.6 is 0 Å². The normalized spacial score (nSPS) is 26.5. The summed E-state index contributed by atoms with van der Waals surface area (Å²) >= 11 is 0. The third-order valence-electron chi connectivity index (χ3n) is 6.02. The monoisotopic (exact) mass is 367 g/mol. The molecule has 0 aliphatic carbocycles. The largest absolute Gasteiger partial charge is 0.497 e. The van der Waals surface area contributed by atoms with Gasteiger partial charge in [-0.2, -0.15) is 0 Å². The topological polar surface area (TPSA) is 40.2 Å². The zero-order valence-corrected chi connectivity index (χ0v) is 15.8. The Balaban J connectivity index is 1.62. The fourth-order valence-corrected chi connectivity index (χ4v) is 4.69. The number of hydrogen-bond donors (Lipinski definition) is 0. The first-order valence-corrected chi connectivity index (χ1v) is 9.73. The second kappa shape index (κ2) is 6.64. The quantitative estimate of drug-likeness (QED) is 0.820. The maximum absolute atomic E-state index is 6.52. The van der Waals surface area contributed by atoms with Crippen LogP contribution in [0.3, 0.4) is 0 Å². The van der Waals surface area contributed by atoms with Crippen molar-refractivity contribution in [2.45, 2.75) is 31.9 Å². The van der Waals surface area contributed by atoms with E-state index in [0.29, 0.717) is 5.92 Å². The highest BCUT2D eigenvalue weighted by atomic mass is 16.7. The Bertz CT molecular complexity index is 846. The van der Waals surface area contributed by atoms with Gasteiger partial charge in [0.15, 0.2) is 17.7 Å². The third-order valence-corrected chi connectivity index (χ3v) is 6.02. The second-order valence-corrected chi connectivity index (χ2v) is 7.61. The molecule has 2 aromatic rings. The van der Waals surface area contributed by atoms with Crippen molar-refractivity contribution in [1.29, 1.82) is 0 Å². The predicted molar refractivity (Wildman–Crippen MR) is 102 cm³/mol. The average Bonchev–Trinajstić information content (AvgIpc) is 3.37. The van der Waals surface area contributed by atoms with Crippen LogP contribution in [0.15, 0.2) is 36.4 Å². The maximum atomic E-state index is 6.52. The molecule has 27 heavy (non-hydrogen) atoms. The van der Waals surface area contributed by atoms with E-state index in [2.05, 4.69) is 36.1 Å². The molecular weight excluding hydrogens is 342 g/mol. The smallest absolute Gasteiger partial charge is 0.231 e. The minimum atomic E-state index is 0.0663. The van der Waals surface area contributed by atoms with Crippen LogP contribution in [0, 0.1) is 5.92 Å². The fourth-order valence-electron chi connectivity index (χ4n) is 4.69. The highest BCUT2D eigenvalue weighted by Gasteiger charge is 2.41. The van der Waals surface area contributed by atoms with Crippen LogP contribution in [0.5, 0.6) is 23.0 Å². The van der Waals surface area contributed by atoms with E-state index in [1.54, 1.807) is 7.11 Å². The van der Waals surface area contributed by atoms with E-state index in [-0.39, 0.29) is 18.9 Å². The van der Waals surface area contributed by atoms with Crippen molar-refractivity contribution in [3.63, 3.8) is 0 Å². The molecule has 3 heterocycles. The molecule has 0 saturated carbocycles. The van der Waals surface area contributed by atoms with Gasteiger partial charge in [-0.15, -0.1) is 0 Å². The van der Waals surface area contributed by atoms with Crippen molar-refractivity contribution in [3.05, 3.63) is 47.5 Å². The molecule has 5 heteroatoms. The molecule has 0 bridgehead atoms. The van der Waals surface area contributed by atoms with Crippen LogP contribution in [0.2, 0.25) is 0 Å². The summed E-state index contributed by atoms with van der Waals surface area (Å²) in [6.07, 6.45) is 2.55. The zero-order valence-electron chi connectivity index (χ0n) is 15.8. The molecular formula is C22H25NO4. The first kappa shape index (κ1) is 16.8. The van der Waals surface area contributed by atoms with Crippen LogP contribution in [-0.2, 0) is 0 Å². The molecule has 2 aromatic carbocycles. The fraction of sp³-hybridized carbons (Fsp3) is 0.455. The average molecular weight is 367 g/mol. The number of likely N-dealkylation sites (tertiary alicyclic amines) is 1. The molecule has 0 radical (unpaired) electrons. The van der Waals surface area contributed by atoms with E-state index in [0.717, 1.165) is 41.7 Å². The van der Waals surface area contributed by atoms with Crippen LogP contribution < -0.4 is 18.9 Å². The molecule has 3 aliphatic heterocycles. The lowest BCUT2D eigenvalue weighted by atomic mass is 9.78. The Labute approximate surface area is 159 Å². The number of ether oxygens (including phenoxy) is 4. The SMILES string of the molecule is COc1cccc([C@@H]2c3cc4c(cc3O[C@H](N3CCCC3)[C@@H]2C)OCO4)c1. The van der Waals surface area contributed by atoms with E-state index in [9.17, 15) is 0 Å². The van der Waals surface area contributed by atoms with E-state index in [4.69, 9.17) is 18.9 Å². The molecule has 1 fully saturated rings. The first-order chi connectivity index (χ1) is 13.2. The lowest BCUT2D eigenvalue weighted by Crippen LogP contribution is -2.46. The van der Waals surface area contributed by atoms with Gasteiger partial charge in [0.1, 0.15) is 11.5 Å². The zero-order chi connectivity index (χ0) is 18.4. The van der Waals surface area contributed by atoms with Crippen molar-refractivity contribution >= 4 is 0 Å². The van der Waals surface area contributed by atoms with Gasteiger partial charge >= 0.3 is 0 Å². The van der Waals surface area contributed by atoms with Crippen molar-refractivity contribution in [3.8, 4) is 23.0 Å². The molecule has 0 aromatic heterocycles. The lowest BCUT2D eigenvalue weighted by molar-refractivity contribution is -0.0178. The number of fused-ring (bicyclic) bond motifs is 2. The first-order valence-electron chi connectivity index (χ1n) is 9.73. The summed E-state index contributed by atoms with van der Waals surface area (Å²) in [7, 11) is 1.71. The summed E-state index contributed by atoms with van der Waals surface area (Å²) in [4.78, 5) is 2.48. The van der Waals surface area contributed by atoms with Gasteiger partial charge in [0.2, 0.25) is 6.79 Å². The van der Waals surface area contributed by atoms with E-state index in [1.807, 2.05) is 12.1 Å². The van der Waals surface area contributed by atoms with Gasteiger partial charge in [0.25, 0.3) is 0 Å². The van der Waals surface area contributed by atoms with Crippen LogP contribution in [0.4, 0.5) is 0 Å². The summed E-state index contributed by atoms with van der Waals surface area (Å²) in [6.45, 7) is 4.76. The van der Waals surface area contributed by atoms with Gasteiger partial charge in [-0.3, -0.25) is 4.90 Å². The van der Waals surface area contributed by atoms with Gasteiger partial charge in [-0.1, -0.05) is 19.1 Å². The van der Waals surface area contributed by atoms with E-state index < -0.39 is 0 Å². The highest BCUT2D eigenvalue weighted by Crippen LogP contribution is 2.50. The Morgan fingerprint density at radius 1 is 1.00 bits per heavy atom. The molecule has 3 atom stereocenters. The molecule has 3 aliphatic rings. The van der Waals surface area contributed by atoms with Gasteiger partial charge in [0.05, 0.1) is 7.11 Å². The minimum Gasteiger partial charge on any atom is -0.497 e. The third kappa shape index (κ3) is 2.81. The predicted octanol–water partition coefficient (Wildman–Crippen LogP) is 4.01. The molecule has 0 N–H and O–H groups in total. The maximum Gasteiger partial charge on any atom is 0.231 e. The highest BCUT2D eigenvalue weighted by molar-refractivity contribution is 5.56. The molecule has 142 valence electrons. The summed E-state index contributed by atoms with van der Waals surface area (Å²) in [5.41, 5.74) is 2.41. The van der Waals surface area contributed by atoms with Gasteiger partial charge in [-0.25, -0.2) is 0 Å². The second-order valence-electron chi connectivity index (χ2n) is 7.61. The van der Waals surface area contributed by atoms with Gasteiger partial charge in [-0.05, 0) is 36.6 Å². The molecule has 5 rings (SSSR count). The number of hydrogen-bond acceptors (Lipinski definition) is 5. The Hall–Kier alpha value is -2.40. The number of methoxy groups -OCH3 is 1. The molecule has 0 spiro atoms. The van der Waals surface area contributed by atoms with E-state index >= 15 is 0 Å². The van der Waals surface area contributed by atoms with Crippen LogP contribution in [0.25, 0.3) is 0 Å². The molecule has 1 saturated heterocycles. The minimum absolute atomic E-state index is 0.0663. The van der Waals surface area contributed by atoms with Crippen LogP contribution in [0.1, 0.15) is 36.8 Å². The van der Waals surface area contributed by atoms with E-state index in [1.165, 1.54) is 18.4 Å². The summed E-state index contributed by atoms with van der Waals surface area (Å²) in [5, 5.41) is 0. The summed E-state index contributed by atoms with van der Waals surface area (Å²) in [6, 6.07) is 12.5.